The highest BCUT2D eigenvalue weighted by Crippen LogP contribution is 2.45. The van der Waals surface area contributed by atoms with Crippen molar-refractivity contribution in [3.8, 4) is 5.69 Å². The van der Waals surface area contributed by atoms with Crippen LogP contribution < -0.4 is 0 Å². The molecule has 0 bridgehead atoms. The monoisotopic (exact) mass is 507 g/mol. The van der Waals surface area contributed by atoms with E-state index in [0.717, 1.165) is 40.5 Å². The summed E-state index contributed by atoms with van der Waals surface area (Å²) in [7, 11) is 0. The van der Waals surface area contributed by atoms with Gasteiger partial charge in [0, 0.05) is 25.0 Å². The van der Waals surface area contributed by atoms with E-state index >= 15 is 0 Å². The number of aromatic nitrogens is 2. The number of piperidine rings is 1. The van der Waals surface area contributed by atoms with Crippen molar-refractivity contribution in [1.82, 2.24) is 14.7 Å². The van der Waals surface area contributed by atoms with Gasteiger partial charge in [-0.1, -0.05) is 72.8 Å². The molecule has 0 radical (unpaired) electrons. The lowest BCUT2D eigenvalue weighted by Gasteiger charge is -2.16. The van der Waals surface area contributed by atoms with Gasteiger partial charge in [-0.3, -0.25) is 4.90 Å². The summed E-state index contributed by atoms with van der Waals surface area (Å²) in [4.78, 5) is 2.59. The van der Waals surface area contributed by atoms with E-state index in [4.69, 9.17) is 5.11 Å². The van der Waals surface area contributed by atoms with E-state index in [2.05, 4.69) is 52.5 Å². The maximum Gasteiger partial charge on any atom is 0.123 e. The fourth-order valence-corrected chi connectivity index (χ4v) is 4.97. The molecule has 0 amide bonds. The summed E-state index contributed by atoms with van der Waals surface area (Å²) in [6.07, 6.45) is 3.32. The molecule has 2 atom stereocenters. The van der Waals surface area contributed by atoms with Gasteiger partial charge in [-0.05, 0) is 72.2 Å². The molecule has 1 aliphatic heterocycles. The zero-order valence-corrected chi connectivity index (χ0v) is 21.7. The summed E-state index contributed by atoms with van der Waals surface area (Å²) >= 11 is 0. The van der Waals surface area contributed by atoms with Crippen LogP contribution in [0.5, 0.6) is 0 Å². The number of aliphatic hydroxyl groups excluding tert-OH is 1. The van der Waals surface area contributed by atoms with E-state index in [1.54, 1.807) is 12.1 Å². The molecule has 1 N–H and O–H groups in total. The first kappa shape index (κ1) is 25.8. The summed E-state index contributed by atoms with van der Waals surface area (Å²) in [6.45, 7) is 6.04. The minimum atomic E-state index is -0.235. The first-order valence-corrected chi connectivity index (χ1v) is 13.2. The molecule has 38 heavy (non-hydrogen) atoms. The second-order valence-electron chi connectivity index (χ2n) is 10.2. The minimum Gasteiger partial charge on any atom is -0.392 e. The SMILES string of the molecule is Cc1ccc2cnn(-c3ccc(F)cc3)c2c1.OCc1ccccc1.c1ccc(CN2CC3CC3C2)cc1. The summed E-state index contributed by atoms with van der Waals surface area (Å²) in [5.41, 5.74) is 5.52. The summed E-state index contributed by atoms with van der Waals surface area (Å²) < 4.78 is 14.7. The molecule has 5 aromatic rings. The molecular weight excluding hydrogens is 473 g/mol. The van der Waals surface area contributed by atoms with Crippen LogP contribution in [0.2, 0.25) is 0 Å². The number of aryl methyl sites for hydroxylation is 1. The third-order valence-electron chi connectivity index (χ3n) is 7.13. The Hall–Kier alpha value is -3.80. The van der Waals surface area contributed by atoms with Crippen molar-refractivity contribution in [2.75, 3.05) is 13.1 Å². The number of hydrogen-bond donors (Lipinski definition) is 1. The fraction of sp³-hybridized carbons (Fsp3) is 0.242. The molecule has 4 nitrogen and oxygen atoms in total. The number of benzene rings is 4. The van der Waals surface area contributed by atoms with Crippen molar-refractivity contribution in [2.24, 2.45) is 11.8 Å². The van der Waals surface area contributed by atoms with Crippen molar-refractivity contribution >= 4 is 10.9 Å². The Morgan fingerprint density at radius 3 is 2.05 bits per heavy atom. The van der Waals surface area contributed by atoms with Gasteiger partial charge in [0.05, 0.1) is 24.0 Å². The van der Waals surface area contributed by atoms with E-state index < -0.39 is 0 Å². The Morgan fingerprint density at radius 2 is 1.45 bits per heavy atom. The highest BCUT2D eigenvalue weighted by Gasteiger charge is 2.44. The average Bonchev–Trinajstić information content (AvgIpc) is 3.35. The van der Waals surface area contributed by atoms with E-state index in [0.29, 0.717) is 0 Å². The van der Waals surface area contributed by atoms with E-state index in [-0.39, 0.29) is 12.4 Å². The Morgan fingerprint density at radius 1 is 0.816 bits per heavy atom. The van der Waals surface area contributed by atoms with E-state index in [1.807, 2.05) is 54.2 Å². The van der Waals surface area contributed by atoms with Gasteiger partial charge in [-0.15, -0.1) is 0 Å². The average molecular weight is 508 g/mol. The number of aliphatic hydroxyl groups is 1. The third-order valence-corrected chi connectivity index (χ3v) is 7.13. The first-order chi connectivity index (χ1) is 18.6. The zero-order valence-electron chi connectivity index (χ0n) is 21.7. The molecular formula is C33H34FN3O. The van der Waals surface area contributed by atoms with Gasteiger partial charge in [-0.2, -0.15) is 5.10 Å². The molecule has 2 fully saturated rings. The molecule has 2 heterocycles. The molecule has 1 aliphatic carbocycles. The first-order valence-electron chi connectivity index (χ1n) is 13.2. The predicted octanol–water partition coefficient (Wildman–Crippen LogP) is 6.79. The third kappa shape index (κ3) is 6.74. The van der Waals surface area contributed by atoms with Gasteiger partial charge in [-0.25, -0.2) is 9.07 Å². The number of nitrogens with zero attached hydrogens (tertiary/aromatic N) is 3. The van der Waals surface area contributed by atoms with Crippen LogP contribution in [-0.4, -0.2) is 32.9 Å². The van der Waals surface area contributed by atoms with Crippen molar-refractivity contribution in [3.05, 3.63) is 132 Å². The smallest absolute Gasteiger partial charge is 0.123 e. The van der Waals surface area contributed by atoms with Crippen molar-refractivity contribution in [3.63, 3.8) is 0 Å². The molecule has 7 rings (SSSR count). The molecule has 1 saturated carbocycles. The minimum absolute atomic E-state index is 0.140. The van der Waals surface area contributed by atoms with E-state index in [9.17, 15) is 4.39 Å². The van der Waals surface area contributed by atoms with Gasteiger partial charge in [0.2, 0.25) is 0 Å². The molecule has 2 unspecified atom stereocenters. The van der Waals surface area contributed by atoms with Crippen LogP contribution >= 0.6 is 0 Å². The predicted molar refractivity (Wildman–Crippen MR) is 151 cm³/mol. The van der Waals surface area contributed by atoms with Gasteiger partial charge in [0.25, 0.3) is 0 Å². The normalized spacial score (nSPS) is 17.7. The van der Waals surface area contributed by atoms with Crippen LogP contribution in [0.3, 0.4) is 0 Å². The number of likely N-dealkylation sites (tertiary alicyclic amines) is 1. The number of rotatable bonds is 4. The highest BCUT2D eigenvalue weighted by molar-refractivity contribution is 5.80. The standard InChI is InChI=1S/C14H11FN2.C12H15N.C7H8O/c1-10-2-3-11-9-16-17(14(11)8-10)13-6-4-12(15)5-7-13;1-2-4-10(5-3-1)7-13-8-11-6-12(11)9-13;8-6-7-4-2-1-3-5-7/h2-9H,1H3;1-5,11-12H,6-9H2;1-5,8H,6H2. The van der Waals surface area contributed by atoms with E-state index in [1.165, 1.54) is 42.8 Å². The van der Waals surface area contributed by atoms with Gasteiger partial charge < -0.3 is 5.11 Å². The Kier molecular flexibility index (Phi) is 8.27. The van der Waals surface area contributed by atoms with Crippen molar-refractivity contribution in [1.29, 1.82) is 0 Å². The molecule has 194 valence electrons. The second kappa shape index (κ2) is 12.2. The molecule has 1 saturated heterocycles. The van der Waals surface area contributed by atoms with Crippen LogP contribution in [0.25, 0.3) is 16.6 Å². The van der Waals surface area contributed by atoms with Crippen LogP contribution in [0, 0.1) is 24.6 Å². The van der Waals surface area contributed by atoms with Gasteiger partial charge >= 0.3 is 0 Å². The lowest BCUT2D eigenvalue weighted by Crippen LogP contribution is -2.21. The Bertz CT molecular complexity index is 1420. The number of fused-ring (bicyclic) bond motifs is 2. The lowest BCUT2D eigenvalue weighted by molar-refractivity contribution is 0.282. The van der Waals surface area contributed by atoms with Gasteiger partial charge in [0.15, 0.2) is 0 Å². The second-order valence-corrected chi connectivity index (χ2v) is 10.2. The molecule has 2 aliphatic rings. The number of halogens is 1. The van der Waals surface area contributed by atoms with Gasteiger partial charge in [0.1, 0.15) is 5.82 Å². The van der Waals surface area contributed by atoms with Crippen LogP contribution in [-0.2, 0) is 13.2 Å². The van der Waals surface area contributed by atoms with Crippen LogP contribution in [0.4, 0.5) is 4.39 Å². The lowest BCUT2D eigenvalue weighted by atomic mass is 10.2. The van der Waals surface area contributed by atoms with Crippen LogP contribution in [0.1, 0.15) is 23.1 Å². The van der Waals surface area contributed by atoms with Crippen molar-refractivity contribution in [2.45, 2.75) is 26.5 Å². The number of hydrogen-bond acceptors (Lipinski definition) is 3. The zero-order chi connectivity index (χ0) is 26.3. The summed E-state index contributed by atoms with van der Waals surface area (Å²) in [5, 5.41) is 14.0. The molecule has 0 spiro atoms. The Labute approximate surface area is 224 Å². The summed E-state index contributed by atoms with van der Waals surface area (Å²) in [6, 6.07) is 32.8. The molecule has 4 aromatic carbocycles. The van der Waals surface area contributed by atoms with Crippen LogP contribution in [0.15, 0.2) is 109 Å². The maximum absolute atomic E-state index is 12.9. The maximum atomic E-state index is 12.9. The molecule has 5 heteroatoms. The Balaban J connectivity index is 0.000000124. The fourth-order valence-electron chi connectivity index (χ4n) is 4.97. The molecule has 1 aromatic heterocycles. The topological polar surface area (TPSA) is 41.3 Å². The largest absolute Gasteiger partial charge is 0.392 e. The summed E-state index contributed by atoms with van der Waals surface area (Å²) in [5.74, 6) is 1.88. The quantitative estimate of drug-likeness (QED) is 0.291. The van der Waals surface area contributed by atoms with Crippen molar-refractivity contribution < 1.29 is 9.50 Å². The highest BCUT2D eigenvalue weighted by atomic mass is 19.1.